The SMILES string of the molecule is CC(C)CC(C)(C(C)C)C(CC(C)(C)C)OC1CCN(C)CC1. The third kappa shape index (κ3) is 6.74. The van der Waals surface area contributed by atoms with Crippen molar-refractivity contribution in [1.82, 2.24) is 4.90 Å². The van der Waals surface area contributed by atoms with Gasteiger partial charge in [0, 0.05) is 13.1 Å². The van der Waals surface area contributed by atoms with Crippen LogP contribution in [0.1, 0.15) is 81.1 Å². The van der Waals surface area contributed by atoms with Gasteiger partial charge >= 0.3 is 0 Å². The number of likely N-dealkylation sites (tertiary alicyclic amines) is 1. The van der Waals surface area contributed by atoms with Crippen LogP contribution in [0, 0.1) is 22.7 Å². The first-order valence-electron chi connectivity index (χ1n) is 9.78. The lowest BCUT2D eigenvalue weighted by atomic mass is 9.66. The summed E-state index contributed by atoms with van der Waals surface area (Å²) < 4.78 is 6.82. The molecule has 1 fully saturated rings. The molecule has 0 bridgehead atoms. The minimum atomic E-state index is 0.255. The Labute approximate surface area is 146 Å². The summed E-state index contributed by atoms with van der Waals surface area (Å²) in [5.74, 6) is 1.36. The third-order valence-corrected chi connectivity index (χ3v) is 5.72. The highest BCUT2D eigenvalue weighted by atomic mass is 16.5. The zero-order valence-corrected chi connectivity index (χ0v) is 17.4. The van der Waals surface area contributed by atoms with Crippen molar-refractivity contribution < 1.29 is 4.74 Å². The van der Waals surface area contributed by atoms with Crippen LogP contribution in [0.2, 0.25) is 0 Å². The van der Waals surface area contributed by atoms with Crippen molar-refractivity contribution in [3.8, 4) is 0 Å². The van der Waals surface area contributed by atoms with E-state index in [1.54, 1.807) is 0 Å². The van der Waals surface area contributed by atoms with Crippen LogP contribution in [-0.2, 0) is 4.74 Å². The van der Waals surface area contributed by atoms with Crippen LogP contribution < -0.4 is 0 Å². The predicted octanol–water partition coefficient (Wildman–Crippen LogP) is 5.61. The Morgan fingerprint density at radius 2 is 1.48 bits per heavy atom. The molecule has 1 aliphatic heterocycles. The van der Waals surface area contributed by atoms with Crippen LogP contribution in [0.15, 0.2) is 0 Å². The number of hydrogen-bond acceptors (Lipinski definition) is 2. The fraction of sp³-hybridized carbons (Fsp3) is 1.00. The zero-order chi connectivity index (χ0) is 17.8. The summed E-state index contributed by atoms with van der Waals surface area (Å²) in [6, 6.07) is 0. The van der Waals surface area contributed by atoms with E-state index in [9.17, 15) is 0 Å². The van der Waals surface area contributed by atoms with E-state index < -0.39 is 0 Å². The molecule has 0 aliphatic carbocycles. The van der Waals surface area contributed by atoms with Gasteiger partial charge in [0.15, 0.2) is 0 Å². The molecule has 0 aromatic carbocycles. The van der Waals surface area contributed by atoms with Gasteiger partial charge in [-0.1, -0.05) is 55.4 Å². The van der Waals surface area contributed by atoms with Crippen LogP contribution in [0.5, 0.6) is 0 Å². The molecule has 0 N–H and O–H groups in total. The summed E-state index contributed by atoms with van der Waals surface area (Å²) in [5.41, 5.74) is 0.564. The molecule has 2 nitrogen and oxygen atoms in total. The smallest absolute Gasteiger partial charge is 0.0639 e. The lowest BCUT2D eigenvalue weighted by molar-refractivity contribution is -0.128. The topological polar surface area (TPSA) is 12.5 Å². The highest BCUT2D eigenvalue weighted by Crippen LogP contribution is 2.44. The van der Waals surface area contributed by atoms with Crippen LogP contribution >= 0.6 is 0 Å². The average molecular weight is 326 g/mol. The van der Waals surface area contributed by atoms with E-state index in [1.807, 2.05) is 0 Å². The molecule has 0 saturated carbocycles. The van der Waals surface area contributed by atoms with Crippen molar-refractivity contribution in [2.45, 2.75) is 93.3 Å². The van der Waals surface area contributed by atoms with Gasteiger partial charge in [0.25, 0.3) is 0 Å². The van der Waals surface area contributed by atoms with E-state index in [0.29, 0.717) is 29.5 Å². The van der Waals surface area contributed by atoms with Crippen molar-refractivity contribution in [3.05, 3.63) is 0 Å². The number of rotatable bonds is 7. The second-order valence-electron chi connectivity index (χ2n) is 10.2. The predicted molar refractivity (Wildman–Crippen MR) is 102 cm³/mol. The van der Waals surface area contributed by atoms with Gasteiger partial charge in [-0.2, -0.15) is 0 Å². The lowest BCUT2D eigenvalue weighted by Gasteiger charge is -2.46. The minimum Gasteiger partial charge on any atom is -0.374 e. The molecule has 1 saturated heterocycles. The molecule has 0 amide bonds. The number of nitrogens with zero attached hydrogens (tertiary/aromatic N) is 1. The molecule has 2 heteroatoms. The number of piperidine rings is 1. The van der Waals surface area contributed by atoms with Crippen molar-refractivity contribution in [1.29, 1.82) is 0 Å². The molecule has 23 heavy (non-hydrogen) atoms. The van der Waals surface area contributed by atoms with Crippen molar-refractivity contribution >= 4 is 0 Å². The Balaban J connectivity index is 2.92. The Morgan fingerprint density at radius 1 is 0.957 bits per heavy atom. The van der Waals surface area contributed by atoms with Crippen LogP contribution in [0.4, 0.5) is 0 Å². The quantitative estimate of drug-likeness (QED) is 0.603. The number of hydrogen-bond donors (Lipinski definition) is 0. The molecule has 1 aliphatic rings. The molecular weight excluding hydrogens is 282 g/mol. The molecule has 0 aromatic rings. The highest BCUT2D eigenvalue weighted by Gasteiger charge is 2.41. The Hall–Kier alpha value is -0.0800. The van der Waals surface area contributed by atoms with Crippen molar-refractivity contribution in [2.75, 3.05) is 20.1 Å². The molecule has 1 heterocycles. The van der Waals surface area contributed by atoms with E-state index in [-0.39, 0.29) is 5.41 Å². The molecule has 2 unspecified atom stereocenters. The summed E-state index contributed by atoms with van der Waals surface area (Å²) in [4.78, 5) is 2.42. The summed E-state index contributed by atoms with van der Waals surface area (Å²) >= 11 is 0. The molecule has 138 valence electrons. The molecule has 0 aromatic heterocycles. The molecular formula is C21H43NO. The largest absolute Gasteiger partial charge is 0.374 e. The first-order chi connectivity index (χ1) is 10.4. The summed E-state index contributed by atoms with van der Waals surface area (Å²) in [6.07, 6.45) is 5.58. The maximum Gasteiger partial charge on any atom is 0.0639 e. The first kappa shape index (κ1) is 21.0. The van der Waals surface area contributed by atoms with Gasteiger partial charge in [-0.15, -0.1) is 0 Å². The summed E-state index contributed by atoms with van der Waals surface area (Å²) in [6.45, 7) is 21.4. The second kappa shape index (κ2) is 8.34. The second-order valence-corrected chi connectivity index (χ2v) is 10.2. The van der Waals surface area contributed by atoms with Crippen LogP contribution in [-0.4, -0.2) is 37.2 Å². The van der Waals surface area contributed by atoms with Gasteiger partial charge < -0.3 is 9.64 Å². The fourth-order valence-electron chi connectivity index (χ4n) is 3.96. The van der Waals surface area contributed by atoms with Gasteiger partial charge in [-0.25, -0.2) is 0 Å². The maximum absolute atomic E-state index is 6.82. The van der Waals surface area contributed by atoms with Gasteiger partial charge in [0.05, 0.1) is 12.2 Å². The number of ether oxygens (including phenoxy) is 1. The van der Waals surface area contributed by atoms with Crippen molar-refractivity contribution in [2.24, 2.45) is 22.7 Å². The average Bonchev–Trinajstić information content (AvgIpc) is 2.38. The lowest BCUT2D eigenvalue weighted by Crippen LogP contribution is -2.46. The fourth-order valence-corrected chi connectivity index (χ4v) is 3.96. The van der Waals surface area contributed by atoms with E-state index in [0.717, 1.165) is 6.42 Å². The minimum absolute atomic E-state index is 0.255. The molecule has 1 rings (SSSR count). The third-order valence-electron chi connectivity index (χ3n) is 5.72. The first-order valence-corrected chi connectivity index (χ1v) is 9.78. The van der Waals surface area contributed by atoms with Crippen LogP contribution in [0.25, 0.3) is 0 Å². The monoisotopic (exact) mass is 325 g/mol. The summed E-state index contributed by atoms with van der Waals surface area (Å²) in [5, 5.41) is 0. The van der Waals surface area contributed by atoms with Gasteiger partial charge in [-0.3, -0.25) is 0 Å². The van der Waals surface area contributed by atoms with Crippen LogP contribution in [0.3, 0.4) is 0 Å². The van der Waals surface area contributed by atoms with E-state index in [4.69, 9.17) is 4.74 Å². The van der Waals surface area contributed by atoms with Gasteiger partial charge in [0.2, 0.25) is 0 Å². The Bertz CT molecular complexity index is 336. The maximum atomic E-state index is 6.82. The van der Waals surface area contributed by atoms with E-state index >= 15 is 0 Å². The van der Waals surface area contributed by atoms with E-state index in [1.165, 1.54) is 32.4 Å². The zero-order valence-electron chi connectivity index (χ0n) is 17.4. The Morgan fingerprint density at radius 3 is 1.87 bits per heavy atom. The molecule has 2 atom stereocenters. The normalized spacial score (nSPS) is 22.6. The summed E-state index contributed by atoms with van der Waals surface area (Å²) in [7, 11) is 2.22. The van der Waals surface area contributed by atoms with E-state index in [2.05, 4.69) is 67.3 Å². The van der Waals surface area contributed by atoms with Gasteiger partial charge in [-0.05, 0) is 55.4 Å². The Kier molecular flexibility index (Phi) is 7.60. The molecule has 0 radical (unpaired) electrons. The molecule has 0 spiro atoms. The van der Waals surface area contributed by atoms with Gasteiger partial charge in [0.1, 0.15) is 0 Å². The standard InChI is InChI=1S/C21H43NO/c1-16(2)14-21(8,17(3)4)19(15-20(5,6)7)23-18-10-12-22(9)13-11-18/h16-19H,10-15H2,1-9H3. The highest BCUT2D eigenvalue weighted by molar-refractivity contribution is 4.91. The van der Waals surface area contributed by atoms with Crippen molar-refractivity contribution in [3.63, 3.8) is 0 Å².